The lowest BCUT2D eigenvalue weighted by Gasteiger charge is -2.28. The Balaban J connectivity index is 1.95. The normalized spacial score (nSPS) is 23.0. The third kappa shape index (κ3) is 2.78. The second kappa shape index (κ2) is 5.48. The van der Waals surface area contributed by atoms with Crippen LogP contribution >= 0.6 is 0 Å². The number of nitrogens with one attached hydrogen (secondary N) is 1. The first-order chi connectivity index (χ1) is 10.4. The summed E-state index contributed by atoms with van der Waals surface area (Å²) in [5.74, 6) is 0.0436. The molecule has 0 radical (unpaired) electrons. The van der Waals surface area contributed by atoms with Gasteiger partial charge in [0.05, 0.1) is 30.6 Å². The maximum absolute atomic E-state index is 14.0. The van der Waals surface area contributed by atoms with E-state index in [9.17, 15) is 9.50 Å². The van der Waals surface area contributed by atoms with Gasteiger partial charge in [-0.25, -0.2) is 13.9 Å². The molecule has 3 heterocycles. The van der Waals surface area contributed by atoms with Crippen LogP contribution in [0.1, 0.15) is 32.9 Å². The van der Waals surface area contributed by atoms with Crippen molar-refractivity contribution in [3.8, 4) is 0 Å². The van der Waals surface area contributed by atoms with Crippen LogP contribution in [0.4, 0.5) is 10.3 Å². The zero-order valence-corrected chi connectivity index (χ0v) is 13.0. The average molecular weight is 308 g/mol. The summed E-state index contributed by atoms with van der Waals surface area (Å²) in [5, 5.41) is 17.4. The smallest absolute Gasteiger partial charge is 0.241 e. The van der Waals surface area contributed by atoms with Gasteiger partial charge in [0, 0.05) is 12.0 Å². The fourth-order valence-electron chi connectivity index (χ4n) is 2.61. The molecule has 6 nitrogen and oxygen atoms in total. The lowest BCUT2D eigenvalue weighted by atomic mass is 9.92. The molecule has 2 N–H and O–H groups in total. The van der Waals surface area contributed by atoms with Crippen molar-refractivity contribution in [2.45, 2.75) is 44.8 Å². The Bertz CT molecular complexity index is 680. The van der Waals surface area contributed by atoms with Crippen LogP contribution in [0.2, 0.25) is 0 Å². The van der Waals surface area contributed by atoms with Gasteiger partial charge < -0.3 is 15.2 Å². The Morgan fingerprint density at radius 3 is 2.91 bits per heavy atom. The minimum atomic E-state index is -0.600. The van der Waals surface area contributed by atoms with E-state index in [0.29, 0.717) is 31.1 Å². The minimum Gasteiger partial charge on any atom is -0.389 e. The Hall–Kier alpha value is -1.73. The van der Waals surface area contributed by atoms with E-state index >= 15 is 0 Å². The highest BCUT2D eigenvalue weighted by Gasteiger charge is 2.26. The van der Waals surface area contributed by atoms with E-state index in [1.165, 1.54) is 12.3 Å². The highest BCUT2D eigenvalue weighted by Crippen LogP contribution is 2.26. The summed E-state index contributed by atoms with van der Waals surface area (Å²) in [6.07, 6.45) is 1.54. The molecule has 0 saturated carbocycles. The van der Waals surface area contributed by atoms with Crippen LogP contribution in [0.5, 0.6) is 0 Å². The molecule has 2 atom stereocenters. The lowest BCUT2D eigenvalue weighted by molar-refractivity contribution is -0.0136. The number of nitrogens with zero attached hydrogens (tertiary/aromatic N) is 3. The van der Waals surface area contributed by atoms with Crippen LogP contribution < -0.4 is 5.32 Å². The molecule has 22 heavy (non-hydrogen) atoms. The summed E-state index contributed by atoms with van der Waals surface area (Å²) in [7, 11) is 0. The van der Waals surface area contributed by atoms with Crippen molar-refractivity contribution in [1.29, 1.82) is 0 Å². The largest absolute Gasteiger partial charge is 0.389 e. The number of hydrogen-bond donors (Lipinski definition) is 2. The Morgan fingerprint density at radius 1 is 1.45 bits per heavy atom. The van der Waals surface area contributed by atoms with E-state index in [4.69, 9.17) is 4.74 Å². The van der Waals surface area contributed by atoms with Crippen molar-refractivity contribution in [2.75, 3.05) is 18.5 Å². The third-order valence-corrected chi connectivity index (χ3v) is 3.88. The van der Waals surface area contributed by atoms with E-state index < -0.39 is 6.10 Å². The van der Waals surface area contributed by atoms with Crippen LogP contribution in [-0.2, 0) is 10.2 Å². The number of anilines is 1. The maximum atomic E-state index is 14.0. The highest BCUT2D eigenvalue weighted by molar-refractivity contribution is 5.51. The highest BCUT2D eigenvalue weighted by atomic mass is 19.1. The fraction of sp³-hybridized carbons (Fsp3) is 0.600. The van der Waals surface area contributed by atoms with Crippen molar-refractivity contribution < 1.29 is 14.2 Å². The molecule has 0 bridgehead atoms. The zero-order chi connectivity index (χ0) is 15.9. The van der Waals surface area contributed by atoms with E-state index in [0.717, 1.165) is 5.69 Å². The number of fused-ring (bicyclic) bond motifs is 1. The van der Waals surface area contributed by atoms with Gasteiger partial charge in [-0.3, -0.25) is 0 Å². The summed E-state index contributed by atoms with van der Waals surface area (Å²) in [5.41, 5.74) is 0.887. The van der Waals surface area contributed by atoms with Gasteiger partial charge >= 0.3 is 0 Å². The van der Waals surface area contributed by atoms with Crippen LogP contribution in [0.15, 0.2) is 12.3 Å². The summed E-state index contributed by atoms with van der Waals surface area (Å²) < 4.78 is 20.8. The van der Waals surface area contributed by atoms with Gasteiger partial charge in [-0.1, -0.05) is 20.8 Å². The molecule has 3 rings (SSSR count). The number of aromatic nitrogens is 3. The first-order valence-corrected chi connectivity index (χ1v) is 7.43. The zero-order valence-electron chi connectivity index (χ0n) is 13.0. The maximum Gasteiger partial charge on any atom is 0.241 e. The molecule has 7 heteroatoms. The number of hydrogen-bond acceptors (Lipinski definition) is 5. The second-order valence-corrected chi connectivity index (χ2v) is 6.69. The molecule has 0 amide bonds. The van der Waals surface area contributed by atoms with Crippen molar-refractivity contribution >= 4 is 11.5 Å². The first-order valence-electron chi connectivity index (χ1n) is 7.43. The van der Waals surface area contributed by atoms with Crippen molar-refractivity contribution in [3.05, 3.63) is 23.8 Å². The molecular weight excluding hydrogens is 287 g/mol. The average Bonchev–Trinajstić information content (AvgIpc) is 2.78. The van der Waals surface area contributed by atoms with E-state index in [1.807, 2.05) is 20.8 Å². The summed E-state index contributed by atoms with van der Waals surface area (Å²) in [6.45, 7) is 6.90. The van der Waals surface area contributed by atoms with Gasteiger partial charge in [0.1, 0.15) is 5.52 Å². The van der Waals surface area contributed by atoms with Crippen LogP contribution in [0.3, 0.4) is 0 Å². The van der Waals surface area contributed by atoms with E-state index in [1.54, 1.807) is 4.52 Å². The van der Waals surface area contributed by atoms with E-state index in [2.05, 4.69) is 15.4 Å². The minimum absolute atomic E-state index is 0.162. The standard InChI is InChI=1S/C15H21FN4O2/c1-15(2,3)13-6-9(16)11-7-17-14(19-20(11)13)18-10-4-5-22-8-12(10)21/h6-7,10,12,21H,4-5,8H2,1-3H3,(H,18,19)/t10-,12-/m1/s1. The van der Waals surface area contributed by atoms with Gasteiger partial charge in [-0.05, 0) is 12.5 Å². The van der Waals surface area contributed by atoms with Crippen molar-refractivity contribution in [1.82, 2.24) is 14.6 Å². The Kier molecular flexibility index (Phi) is 3.78. The Labute approximate surface area is 128 Å². The van der Waals surface area contributed by atoms with Gasteiger partial charge in [-0.15, -0.1) is 5.10 Å². The second-order valence-electron chi connectivity index (χ2n) is 6.69. The quantitative estimate of drug-likeness (QED) is 0.884. The number of aliphatic hydroxyl groups is 1. The van der Waals surface area contributed by atoms with Crippen LogP contribution in [-0.4, -0.2) is 45.1 Å². The topological polar surface area (TPSA) is 71.7 Å². The molecule has 0 aliphatic carbocycles. The van der Waals surface area contributed by atoms with E-state index in [-0.39, 0.29) is 17.3 Å². The van der Waals surface area contributed by atoms with Crippen molar-refractivity contribution in [2.24, 2.45) is 0 Å². The molecule has 0 unspecified atom stereocenters. The predicted octanol–water partition coefficient (Wildman–Crippen LogP) is 1.73. The number of aliphatic hydroxyl groups excluding tert-OH is 1. The molecule has 2 aromatic heterocycles. The predicted molar refractivity (Wildman–Crippen MR) is 80.5 cm³/mol. The van der Waals surface area contributed by atoms with Gasteiger partial charge in [0.2, 0.25) is 5.95 Å². The summed E-state index contributed by atoms with van der Waals surface area (Å²) >= 11 is 0. The molecule has 1 aliphatic heterocycles. The summed E-state index contributed by atoms with van der Waals surface area (Å²) in [6, 6.07) is 1.33. The van der Waals surface area contributed by atoms with Gasteiger partial charge in [-0.2, -0.15) is 0 Å². The number of halogens is 1. The molecule has 2 aromatic rings. The monoisotopic (exact) mass is 308 g/mol. The fourth-order valence-corrected chi connectivity index (χ4v) is 2.61. The molecule has 120 valence electrons. The molecular formula is C15H21FN4O2. The third-order valence-electron chi connectivity index (χ3n) is 3.88. The van der Waals surface area contributed by atoms with Gasteiger partial charge in [0.25, 0.3) is 0 Å². The molecule has 1 saturated heterocycles. The molecule has 1 aliphatic rings. The van der Waals surface area contributed by atoms with Crippen LogP contribution in [0.25, 0.3) is 5.52 Å². The summed E-state index contributed by atoms with van der Waals surface area (Å²) in [4.78, 5) is 4.16. The molecule has 1 fully saturated rings. The first kappa shape index (κ1) is 15.2. The number of rotatable bonds is 2. The van der Waals surface area contributed by atoms with Gasteiger partial charge in [0.15, 0.2) is 5.82 Å². The SMILES string of the molecule is CC(C)(C)c1cc(F)c2cnc(N[C@@H]3CCOC[C@H]3O)nn12. The van der Waals surface area contributed by atoms with Crippen LogP contribution in [0, 0.1) is 5.82 Å². The molecule has 0 aromatic carbocycles. The van der Waals surface area contributed by atoms with Crippen molar-refractivity contribution in [3.63, 3.8) is 0 Å². The lowest BCUT2D eigenvalue weighted by Crippen LogP contribution is -2.42. The molecule has 0 spiro atoms. The Morgan fingerprint density at radius 2 is 2.23 bits per heavy atom. The number of ether oxygens (including phenoxy) is 1.